The Labute approximate surface area is 130 Å². The summed E-state index contributed by atoms with van der Waals surface area (Å²) in [5.74, 6) is 0. The summed E-state index contributed by atoms with van der Waals surface area (Å²) >= 11 is 14.2. The molecule has 2 aromatic carbocycles. The smallest absolute Gasteiger partial charge is 0.0595 e. The fraction of sp³-hybridized carbons (Fsp3) is 0.143. The van der Waals surface area contributed by atoms with Gasteiger partial charge in [0.2, 0.25) is 0 Å². The predicted molar refractivity (Wildman–Crippen MR) is 86.3 cm³/mol. The highest BCUT2D eigenvalue weighted by Crippen LogP contribution is 2.25. The quantitative estimate of drug-likeness (QED) is 0.744. The molecule has 2 N–H and O–H groups in total. The molecule has 0 amide bonds. The van der Waals surface area contributed by atoms with Crippen LogP contribution in [0.4, 0.5) is 0 Å². The van der Waals surface area contributed by atoms with Gasteiger partial charge in [0.05, 0.1) is 10.0 Å². The maximum absolute atomic E-state index is 6.19. The second-order valence-corrected chi connectivity index (χ2v) is 6.17. The number of benzene rings is 2. The minimum Gasteiger partial charge on any atom is -0.324 e. The van der Waals surface area contributed by atoms with Crippen molar-refractivity contribution in [3.63, 3.8) is 0 Å². The standard InChI is InChI=1S/C14H12Cl2IN/c15-12-6-1-9(7-13(12)16)8-14(18)10-2-4-11(17)5-3-10/h1-7,14H,8,18H2. The summed E-state index contributed by atoms with van der Waals surface area (Å²) in [5.41, 5.74) is 8.41. The molecule has 0 aliphatic carbocycles. The molecule has 1 unspecified atom stereocenters. The normalized spacial score (nSPS) is 12.4. The van der Waals surface area contributed by atoms with E-state index in [-0.39, 0.29) is 6.04 Å². The monoisotopic (exact) mass is 391 g/mol. The Bertz CT molecular complexity index is 540. The molecule has 0 aliphatic rings. The van der Waals surface area contributed by atoms with Crippen LogP contribution in [0.5, 0.6) is 0 Å². The van der Waals surface area contributed by atoms with Crippen molar-refractivity contribution in [2.45, 2.75) is 12.5 Å². The summed E-state index contributed by atoms with van der Waals surface area (Å²) in [7, 11) is 0. The lowest BCUT2D eigenvalue weighted by atomic mass is 10.00. The van der Waals surface area contributed by atoms with E-state index in [1.165, 1.54) is 3.57 Å². The highest BCUT2D eigenvalue weighted by Gasteiger charge is 2.08. The van der Waals surface area contributed by atoms with Crippen LogP contribution in [-0.2, 0) is 6.42 Å². The maximum atomic E-state index is 6.19. The van der Waals surface area contributed by atoms with Gasteiger partial charge in [-0.3, -0.25) is 0 Å². The maximum Gasteiger partial charge on any atom is 0.0595 e. The molecule has 0 aromatic heterocycles. The van der Waals surface area contributed by atoms with Crippen molar-refractivity contribution in [1.29, 1.82) is 0 Å². The fourth-order valence-electron chi connectivity index (χ4n) is 1.75. The third-order valence-corrected chi connectivity index (χ3v) is 4.20. The van der Waals surface area contributed by atoms with E-state index in [0.29, 0.717) is 10.0 Å². The van der Waals surface area contributed by atoms with Crippen LogP contribution in [0.25, 0.3) is 0 Å². The summed E-state index contributed by atoms with van der Waals surface area (Å²) in [4.78, 5) is 0. The number of hydrogen-bond donors (Lipinski definition) is 1. The van der Waals surface area contributed by atoms with Gasteiger partial charge in [0.1, 0.15) is 0 Å². The van der Waals surface area contributed by atoms with Crippen LogP contribution < -0.4 is 5.73 Å². The average molecular weight is 392 g/mol. The lowest BCUT2D eigenvalue weighted by Gasteiger charge is -2.12. The minimum atomic E-state index is -0.0285. The molecule has 0 heterocycles. The number of hydrogen-bond acceptors (Lipinski definition) is 1. The summed E-state index contributed by atoms with van der Waals surface area (Å²) < 4.78 is 1.21. The Hall–Kier alpha value is -0.290. The van der Waals surface area contributed by atoms with Crippen LogP contribution in [0.15, 0.2) is 42.5 Å². The van der Waals surface area contributed by atoms with E-state index in [1.54, 1.807) is 6.07 Å². The highest BCUT2D eigenvalue weighted by atomic mass is 127. The van der Waals surface area contributed by atoms with Crippen LogP contribution in [0.1, 0.15) is 17.2 Å². The summed E-state index contributed by atoms with van der Waals surface area (Å²) in [5, 5.41) is 1.15. The zero-order chi connectivity index (χ0) is 13.1. The second kappa shape index (κ2) is 6.24. The SMILES string of the molecule is NC(Cc1ccc(Cl)c(Cl)c1)c1ccc(I)cc1. The molecular formula is C14H12Cl2IN. The molecule has 0 saturated carbocycles. The first-order valence-electron chi connectivity index (χ1n) is 5.51. The largest absolute Gasteiger partial charge is 0.324 e. The van der Waals surface area contributed by atoms with Gasteiger partial charge in [0.15, 0.2) is 0 Å². The van der Waals surface area contributed by atoms with E-state index in [0.717, 1.165) is 17.5 Å². The lowest BCUT2D eigenvalue weighted by molar-refractivity contribution is 0.722. The molecule has 0 radical (unpaired) electrons. The summed E-state index contributed by atoms with van der Waals surface area (Å²) in [6.07, 6.45) is 0.748. The molecule has 94 valence electrons. The van der Waals surface area contributed by atoms with Crippen molar-refractivity contribution in [2.75, 3.05) is 0 Å². The molecule has 0 spiro atoms. The molecule has 1 nitrogen and oxygen atoms in total. The van der Waals surface area contributed by atoms with Crippen LogP contribution in [-0.4, -0.2) is 0 Å². The fourth-order valence-corrected chi connectivity index (χ4v) is 2.43. The summed E-state index contributed by atoms with van der Waals surface area (Å²) in [6, 6.07) is 13.8. The van der Waals surface area contributed by atoms with Crippen molar-refractivity contribution < 1.29 is 0 Å². The Morgan fingerprint density at radius 2 is 1.67 bits per heavy atom. The van der Waals surface area contributed by atoms with E-state index < -0.39 is 0 Å². The van der Waals surface area contributed by atoms with Crippen molar-refractivity contribution >= 4 is 45.8 Å². The predicted octanol–water partition coefficient (Wildman–Crippen LogP) is 4.84. The third kappa shape index (κ3) is 3.60. The van der Waals surface area contributed by atoms with Gasteiger partial charge in [-0.25, -0.2) is 0 Å². The molecule has 4 heteroatoms. The molecule has 2 rings (SSSR count). The van der Waals surface area contributed by atoms with Crippen molar-refractivity contribution in [1.82, 2.24) is 0 Å². The average Bonchev–Trinajstić information content (AvgIpc) is 2.34. The van der Waals surface area contributed by atoms with Crippen LogP contribution in [0.3, 0.4) is 0 Å². The first-order valence-corrected chi connectivity index (χ1v) is 7.34. The molecule has 0 fully saturated rings. The van der Waals surface area contributed by atoms with Crippen LogP contribution in [0, 0.1) is 3.57 Å². The van der Waals surface area contributed by atoms with Gasteiger partial charge >= 0.3 is 0 Å². The Kier molecular flexibility index (Phi) is 4.90. The first kappa shape index (κ1) is 14.1. The van der Waals surface area contributed by atoms with Gasteiger partial charge in [0.25, 0.3) is 0 Å². The van der Waals surface area contributed by atoms with E-state index in [1.807, 2.05) is 12.1 Å². The lowest BCUT2D eigenvalue weighted by Crippen LogP contribution is -2.13. The molecule has 18 heavy (non-hydrogen) atoms. The zero-order valence-corrected chi connectivity index (χ0v) is 13.2. The first-order chi connectivity index (χ1) is 8.56. The van der Waals surface area contributed by atoms with Gasteiger partial charge in [-0.05, 0) is 64.4 Å². The van der Waals surface area contributed by atoms with E-state index >= 15 is 0 Å². The number of nitrogens with two attached hydrogens (primary N) is 1. The van der Waals surface area contributed by atoms with E-state index in [9.17, 15) is 0 Å². The molecule has 0 aliphatic heterocycles. The van der Waals surface area contributed by atoms with Crippen LogP contribution in [0.2, 0.25) is 10.0 Å². The molecule has 2 aromatic rings. The van der Waals surface area contributed by atoms with Crippen LogP contribution >= 0.6 is 45.8 Å². The number of halogens is 3. The van der Waals surface area contributed by atoms with Crippen molar-refractivity contribution in [3.05, 3.63) is 67.2 Å². The number of rotatable bonds is 3. The highest BCUT2D eigenvalue weighted by molar-refractivity contribution is 14.1. The molecule has 0 bridgehead atoms. The van der Waals surface area contributed by atoms with Gasteiger partial charge in [0, 0.05) is 9.61 Å². The Morgan fingerprint density at radius 1 is 1.00 bits per heavy atom. The van der Waals surface area contributed by atoms with Gasteiger partial charge in [-0.15, -0.1) is 0 Å². The second-order valence-electron chi connectivity index (χ2n) is 4.11. The van der Waals surface area contributed by atoms with Crippen molar-refractivity contribution in [3.8, 4) is 0 Å². The van der Waals surface area contributed by atoms with Gasteiger partial charge in [-0.2, -0.15) is 0 Å². The topological polar surface area (TPSA) is 26.0 Å². The molecular weight excluding hydrogens is 380 g/mol. The van der Waals surface area contributed by atoms with Crippen molar-refractivity contribution in [2.24, 2.45) is 5.73 Å². The van der Waals surface area contributed by atoms with E-state index in [2.05, 4.69) is 46.9 Å². The summed E-state index contributed by atoms with van der Waals surface area (Å²) in [6.45, 7) is 0. The van der Waals surface area contributed by atoms with E-state index in [4.69, 9.17) is 28.9 Å². The van der Waals surface area contributed by atoms with Gasteiger partial charge in [-0.1, -0.05) is 41.4 Å². The minimum absolute atomic E-state index is 0.0285. The molecule has 1 atom stereocenters. The van der Waals surface area contributed by atoms with Gasteiger partial charge < -0.3 is 5.73 Å². The Morgan fingerprint density at radius 3 is 2.28 bits per heavy atom. The third-order valence-electron chi connectivity index (χ3n) is 2.74. The zero-order valence-electron chi connectivity index (χ0n) is 9.54. The molecule has 0 saturated heterocycles. The Balaban J connectivity index is 2.13.